The molecule has 0 unspecified atom stereocenters. The molecular formula is C12H22N2O. The van der Waals surface area contributed by atoms with Gasteiger partial charge in [0.15, 0.2) is 0 Å². The Morgan fingerprint density at radius 2 is 1.73 bits per heavy atom. The molecule has 1 N–H and O–H groups in total. The van der Waals surface area contributed by atoms with Crippen molar-refractivity contribution >= 4 is 5.84 Å². The van der Waals surface area contributed by atoms with Crippen molar-refractivity contribution in [1.82, 2.24) is 4.90 Å². The summed E-state index contributed by atoms with van der Waals surface area (Å²) in [6.45, 7) is 1.74. The number of rotatable bonds is 2. The topological polar surface area (TPSA) is 36.3 Å². The van der Waals surface area contributed by atoms with Gasteiger partial charge < -0.3 is 9.64 Å². The van der Waals surface area contributed by atoms with Gasteiger partial charge in [0, 0.05) is 32.2 Å². The SMILES string of the molecule is CN(C(=N)C1CCCC1)C1CCOCC1. The Kier molecular flexibility index (Phi) is 3.62. The fraction of sp³-hybridized carbons (Fsp3) is 0.917. The van der Waals surface area contributed by atoms with Crippen LogP contribution < -0.4 is 0 Å². The number of ether oxygens (including phenoxy) is 1. The van der Waals surface area contributed by atoms with Gasteiger partial charge >= 0.3 is 0 Å². The van der Waals surface area contributed by atoms with Gasteiger partial charge in [-0.25, -0.2) is 0 Å². The van der Waals surface area contributed by atoms with Crippen LogP contribution in [-0.2, 0) is 4.74 Å². The maximum Gasteiger partial charge on any atom is 0.0989 e. The highest BCUT2D eigenvalue weighted by atomic mass is 16.5. The molecule has 15 heavy (non-hydrogen) atoms. The van der Waals surface area contributed by atoms with Gasteiger partial charge in [0.2, 0.25) is 0 Å². The normalized spacial score (nSPS) is 24.3. The molecule has 0 spiro atoms. The molecule has 0 bridgehead atoms. The van der Waals surface area contributed by atoms with Crippen LogP contribution in [0.3, 0.4) is 0 Å². The molecule has 1 aliphatic carbocycles. The van der Waals surface area contributed by atoms with Crippen LogP contribution in [0.4, 0.5) is 0 Å². The van der Waals surface area contributed by atoms with Gasteiger partial charge in [0.1, 0.15) is 0 Å². The van der Waals surface area contributed by atoms with Crippen molar-refractivity contribution in [2.24, 2.45) is 5.92 Å². The smallest absolute Gasteiger partial charge is 0.0989 e. The summed E-state index contributed by atoms with van der Waals surface area (Å²) < 4.78 is 5.36. The predicted octanol–water partition coefficient (Wildman–Crippen LogP) is 2.26. The maximum absolute atomic E-state index is 8.21. The van der Waals surface area contributed by atoms with Gasteiger partial charge in [-0.05, 0) is 25.7 Å². The fourth-order valence-corrected chi connectivity index (χ4v) is 2.76. The van der Waals surface area contributed by atoms with Gasteiger partial charge in [0.25, 0.3) is 0 Å². The Hall–Kier alpha value is -0.570. The van der Waals surface area contributed by atoms with Gasteiger partial charge in [0.05, 0.1) is 5.84 Å². The molecule has 0 atom stereocenters. The van der Waals surface area contributed by atoms with Crippen LogP contribution in [0.15, 0.2) is 0 Å². The Balaban J connectivity index is 1.87. The van der Waals surface area contributed by atoms with Crippen molar-refractivity contribution in [1.29, 1.82) is 5.41 Å². The lowest BCUT2D eigenvalue weighted by Crippen LogP contribution is -2.42. The lowest BCUT2D eigenvalue weighted by atomic mass is 10.0. The molecule has 0 aromatic carbocycles. The molecule has 3 nitrogen and oxygen atoms in total. The quantitative estimate of drug-likeness (QED) is 0.560. The summed E-state index contributed by atoms with van der Waals surface area (Å²) in [4.78, 5) is 2.21. The third-order valence-corrected chi connectivity index (χ3v) is 3.86. The van der Waals surface area contributed by atoms with E-state index in [2.05, 4.69) is 11.9 Å². The van der Waals surface area contributed by atoms with E-state index in [1.165, 1.54) is 25.7 Å². The minimum atomic E-state index is 0.540. The molecule has 2 aliphatic rings. The van der Waals surface area contributed by atoms with Crippen molar-refractivity contribution in [3.8, 4) is 0 Å². The number of hydrogen-bond donors (Lipinski definition) is 1. The maximum atomic E-state index is 8.21. The fourth-order valence-electron chi connectivity index (χ4n) is 2.76. The number of hydrogen-bond acceptors (Lipinski definition) is 2. The monoisotopic (exact) mass is 210 g/mol. The van der Waals surface area contributed by atoms with E-state index < -0.39 is 0 Å². The molecule has 1 saturated carbocycles. The largest absolute Gasteiger partial charge is 0.381 e. The van der Waals surface area contributed by atoms with Crippen molar-refractivity contribution < 1.29 is 4.74 Å². The van der Waals surface area contributed by atoms with E-state index in [9.17, 15) is 0 Å². The molecular weight excluding hydrogens is 188 g/mol. The van der Waals surface area contributed by atoms with Gasteiger partial charge in [-0.2, -0.15) is 0 Å². The highest BCUT2D eigenvalue weighted by molar-refractivity contribution is 5.81. The second-order valence-corrected chi connectivity index (χ2v) is 4.82. The number of nitrogens with zero attached hydrogens (tertiary/aromatic N) is 1. The zero-order valence-corrected chi connectivity index (χ0v) is 9.67. The van der Waals surface area contributed by atoms with E-state index in [0.717, 1.165) is 31.9 Å². The summed E-state index contributed by atoms with van der Waals surface area (Å²) in [5.41, 5.74) is 0. The molecule has 1 saturated heterocycles. The summed E-state index contributed by atoms with van der Waals surface area (Å²) in [7, 11) is 2.09. The van der Waals surface area contributed by atoms with Crippen LogP contribution >= 0.6 is 0 Å². The van der Waals surface area contributed by atoms with Crippen molar-refractivity contribution in [2.45, 2.75) is 44.6 Å². The summed E-state index contributed by atoms with van der Waals surface area (Å²) in [5, 5.41) is 8.21. The number of amidine groups is 1. The van der Waals surface area contributed by atoms with E-state index in [1.54, 1.807) is 0 Å². The average Bonchev–Trinajstić information content (AvgIpc) is 2.82. The Labute approximate surface area is 92.3 Å². The molecule has 86 valence electrons. The van der Waals surface area contributed by atoms with E-state index in [0.29, 0.717) is 12.0 Å². The van der Waals surface area contributed by atoms with Crippen LogP contribution in [0.2, 0.25) is 0 Å². The van der Waals surface area contributed by atoms with Crippen LogP contribution in [0.25, 0.3) is 0 Å². The van der Waals surface area contributed by atoms with Gasteiger partial charge in [-0.3, -0.25) is 5.41 Å². The Bertz CT molecular complexity index is 218. The molecule has 0 radical (unpaired) electrons. The van der Waals surface area contributed by atoms with E-state index in [1.807, 2.05) is 0 Å². The van der Waals surface area contributed by atoms with Crippen molar-refractivity contribution in [3.05, 3.63) is 0 Å². The Morgan fingerprint density at radius 3 is 2.33 bits per heavy atom. The first kappa shape index (κ1) is 10.9. The van der Waals surface area contributed by atoms with Crippen LogP contribution in [-0.4, -0.2) is 37.0 Å². The third-order valence-electron chi connectivity index (χ3n) is 3.86. The minimum absolute atomic E-state index is 0.540. The van der Waals surface area contributed by atoms with Gasteiger partial charge in [-0.1, -0.05) is 12.8 Å². The molecule has 2 fully saturated rings. The molecule has 0 amide bonds. The summed E-state index contributed by atoms with van der Waals surface area (Å²) in [6.07, 6.45) is 7.26. The number of nitrogens with one attached hydrogen (secondary N) is 1. The van der Waals surface area contributed by atoms with E-state index >= 15 is 0 Å². The van der Waals surface area contributed by atoms with Crippen molar-refractivity contribution in [2.75, 3.05) is 20.3 Å². The standard InChI is InChI=1S/C12H22N2O/c1-14(11-6-8-15-9-7-11)12(13)10-4-2-3-5-10/h10-11,13H,2-9H2,1H3. The predicted molar refractivity (Wildman–Crippen MR) is 61.3 cm³/mol. The molecule has 0 aromatic heterocycles. The third kappa shape index (κ3) is 2.51. The van der Waals surface area contributed by atoms with E-state index in [-0.39, 0.29) is 0 Å². The van der Waals surface area contributed by atoms with E-state index in [4.69, 9.17) is 10.1 Å². The lowest BCUT2D eigenvalue weighted by Gasteiger charge is -2.34. The summed E-state index contributed by atoms with van der Waals surface area (Å²) in [6, 6.07) is 0.548. The molecule has 1 heterocycles. The molecule has 1 aliphatic heterocycles. The first-order valence-corrected chi connectivity index (χ1v) is 6.18. The highest BCUT2D eigenvalue weighted by Gasteiger charge is 2.27. The van der Waals surface area contributed by atoms with Crippen molar-refractivity contribution in [3.63, 3.8) is 0 Å². The van der Waals surface area contributed by atoms with Crippen LogP contribution in [0, 0.1) is 11.3 Å². The van der Waals surface area contributed by atoms with Gasteiger partial charge in [-0.15, -0.1) is 0 Å². The lowest BCUT2D eigenvalue weighted by molar-refractivity contribution is 0.0592. The van der Waals surface area contributed by atoms with Crippen LogP contribution in [0.5, 0.6) is 0 Å². The second-order valence-electron chi connectivity index (χ2n) is 4.82. The second kappa shape index (κ2) is 4.97. The molecule has 2 rings (SSSR count). The van der Waals surface area contributed by atoms with Crippen LogP contribution in [0.1, 0.15) is 38.5 Å². The highest BCUT2D eigenvalue weighted by Crippen LogP contribution is 2.28. The zero-order chi connectivity index (χ0) is 10.7. The average molecular weight is 210 g/mol. The summed E-state index contributed by atoms with van der Waals surface area (Å²) in [5.74, 6) is 1.41. The molecule has 3 heteroatoms. The molecule has 0 aromatic rings. The Morgan fingerprint density at radius 1 is 1.13 bits per heavy atom. The first-order chi connectivity index (χ1) is 7.29. The summed E-state index contributed by atoms with van der Waals surface area (Å²) >= 11 is 0. The zero-order valence-electron chi connectivity index (χ0n) is 9.67. The minimum Gasteiger partial charge on any atom is -0.381 e. The first-order valence-electron chi connectivity index (χ1n) is 6.18.